The summed E-state index contributed by atoms with van der Waals surface area (Å²) in [6, 6.07) is 12.5. The fourth-order valence-corrected chi connectivity index (χ4v) is 3.93. The lowest BCUT2D eigenvalue weighted by molar-refractivity contribution is -0.113. The number of ether oxygens (including phenoxy) is 1. The van der Waals surface area contributed by atoms with Gasteiger partial charge in [0.05, 0.1) is 25.1 Å². The molecule has 3 rings (SSSR count). The van der Waals surface area contributed by atoms with Crippen molar-refractivity contribution in [2.75, 3.05) is 23.5 Å². The van der Waals surface area contributed by atoms with E-state index in [0.29, 0.717) is 39.7 Å². The van der Waals surface area contributed by atoms with Crippen molar-refractivity contribution < 1.29 is 9.53 Å². The van der Waals surface area contributed by atoms with Crippen molar-refractivity contribution in [2.45, 2.75) is 25.2 Å². The van der Waals surface area contributed by atoms with E-state index in [-0.39, 0.29) is 11.7 Å². The van der Waals surface area contributed by atoms with Crippen molar-refractivity contribution in [2.24, 2.45) is 0 Å². The number of nitrogens with one attached hydrogen (secondary N) is 2. The first kappa shape index (κ1) is 22.3. The predicted octanol–water partition coefficient (Wildman–Crippen LogP) is 4.96. The molecule has 0 unspecified atom stereocenters. The third kappa shape index (κ3) is 5.81. The number of methoxy groups -OCH3 is 1. The molecule has 0 aliphatic heterocycles. The van der Waals surface area contributed by atoms with Crippen molar-refractivity contribution in [3.05, 3.63) is 58.3 Å². The van der Waals surface area contributed by atoms with Gasteiger partial charge in [0, 0.05) is 22.3 Å². The number of amides is 1. The van der Waals surface area contributed by atoms with Gasteiger partial charge in [0.25, 0.3) is 0 Å². The van der Waals surface area contributed by atoms with E-state index in [2.05, 4.69) is 20.8 Å². The number of halogens is 2. The summed E-state index contributed by atoms with van der Waals surface area (Å²) in [6.07, 6.45) is 0. The van der Waals surface area contributed by atoms with E-state index >= 15 is 0 Å². The predicted molar refractivity (Wildman–Crippen MR) is 122 cm³/mol. The zero-order valence-corrected chi connectivity index (χ0v) is 18.8. The molecule has 0 atom stereocenters. The lowest BCUT2D eigenvalue weighted by Crippen LogP contribution is -2.15. The molecule has 158 valence electrons. The summed E-state index contributed by atoms with van der Waals surface area (Å²) < 4.78 is 7.22. The van der Waals surface area contributed by atoms with Crippen molar-refractivity contribution in [1.82, 2.24) is 14.8 Å². The molecule has 30 heavy (non-hydrogen) atoms. The van der Waals surface area contributed by atoms with Gasteiger partial charge in [-0.15, -0.1) is 10.2 Å². The quantitative estimate of drug-likeness (QED) is 0.434. The van der Waals surface area contributed by atoms with E-state index in [0.717, 1.165) is 11.5 Å². The normalized spacial score (nSPS) is 10.7. The SMILES string of the molecule is CCn1c(CNc2cccc(Cl)c2)nnc1SCC(=O)Nc1cc(Cl)ccc1OC. The lowest BCUT2D eigenvalue weighted by Gasteiger charge is -2.11. The van der Waals surface area contributed by atoms with Crippen LogP contribution >= 0.6 is 35.0 Å². The van der Waals surface area contributed by atoms with Gasteiger partial charge in [0.1, 0.15) is 5.75 Å². The number of rotatable bonds is 9. The summed E-state index contributed by atoms with van der Waals surface area (Å²) in [4.78, 5) is 12.4. The van der Waals surface area contributed by atoms with Gasteiger partial charge in [0.2, 0.25) is 5.91 Å². The van der Waals surface area contributed by atoms with E-state index in [1.165, 1.54) is 18.9 Å². The van der Waals surface area contributed by atoms with Gasteiger partial charge >= 0.3 is 0 Å². The molecular formula is C20H21Cl2N5O2S. The minimum absolute atomic E-state index is 0.176. The second-order valence-corrected chi connectivity index (χ2v) is 8.00. The second kappa shape index (κ2) is 10.6. The van der Waals surface area contributed by atoms with E-state index in [1.807, 2.05) is 35.8 Å². The molecule has 3 aromatic rings. The highest BCUT2D eigenvalue weighted by Gasteiger charge is 2.14. The van der Waals surface area contributed by atoms with Crippen LogP contribution < -0.4 is 15.4 Å². The van der Waals surface area contributed by atoms with Crippen LogP contribution in [0.1, 0.15) is 12.7 Å². The van der Waals surface area contributed by atoms with Crippen LogP contribution in [0.2, 0.25) is 10.0 Å². The van der Waals surface area contributed by atoms with Crippen LogP contribution in [0.3, 0.4) is 0 Å². The van der Waals surface area contributed by atoms with E-state index < -0.39 is 0 Å². The van der Waals surface area contributed by atoms with Crippen LogP contribution in [0, 0.1) is 0 Å². The Labute approximate surface area is 189 Å². The molecule has 0 aliphatic rings. The van der Waals surface area contributed by atoms with E-state index in [4.69, 9.17) is 27.9 Å². The van der Waals surface area contributed by atoms with Gasteiger partial charge in [-0.1, -0.05) is 41.0 Å². The number of hydrogen-bond donors (Lipinski definition) is 2. The molecule has 2 N–H and O–H groups in total. The number of thioether (sulfide) groups is 1. The highest BCUT2D eigenvalue weighted by molar-refractivity contribution is 7.99. The Morgan fingerprint density at radius 2 is 1.97 bits per heavy atom. The van der Waals surface area contributed by atoms with Crippen LogP contribution in [0.5, 0.6) is 5.75 Å². The van der Waals surface area contributed by atoms with Gasteiger partial charge in [-0.3, -0.25) is 4.79 Å². The fraction of sp³-hybridized carbons (Fsp3) is 0.250. The minimum Gasteiger partial charge on any atom is -0.495 e. The zero-order chi connectivity index (χ0) is 21.5. The summed E-state index contributed by atoms with van der Waals surface area (Å²) >= 11 is 13.3. The van der Waals surface area contributed by atoms with Crippen LogP contribution in [0.4, 0.5) is 11.4 Å². The van der Waals surface area contributed by atoms with Gasteiger partial charge in [-0.25, -0.2) is 0 Å². The van der Waals surface area contributed by atoms with E-state index in [9.17, 15) is 4.79 Å². The maximum Gasteiger partial charge on any atom is 0.234 e. The molecule has 0 saturated carbocycles. The first-order valence-corrected chi connectivity index (χ1v) is 10.9. The molecule has 7 nitrogen and oxygen atoms in total. The molecule has 1 heterocycles. The number of aromatic nitrogens is 3. The molecule has 0 saturated heterocycles. The number of nitrogens with zero attached hydrogens (tertiary/aromatic N) is 3. The van der Waals surface area contributed by atoms with Gasteiger partial charge in [-0.05, 0) is 43.3 Å². The van der Waals surface area contributed by atoms with Gasteiger partial charge in [-0.2, -0.15) is 0 Å². The molecule has 1 aromatic heterocycles. The Morgan fingerprint density at radius 3 is 2.70 bits per heavy atom. The number of anilines is 2. The summed E-state index contributed by atoms with van der Waals surface area (Å²) in [5, 5.41) is 16.4. The largest absolute Gasteiger partial charge is 0.495 e. The summed E-state index contributed by atoms with van der Waals surface area (Å²) in [5.74, 6) is 1.31. The van der Waals surface area contributed by atoms with Crippen LogP contribution in [-0.2, 0) is 17.9 Å². The second-order valence-electron chi connectivity index (χ2n) is 6.19. The summed E-state index contributed by atoms with van der Waals surface area (Å²) in [6.45, 7) is 3.19. The molecule has 10 heteroatoms. The molecule has 0 fully saturated rings. The average molecular weight is 466 g/mol. The smallest absolute Gasteiger partial charge is 0.234 e. The van der Waals surface area contributed by atoms with Crippen molar-refractivity contribution >= 4 is 52.2 Å². The standard InChI is InChI=1S/C20H21Cl2N5O2S/c1-3-27-18(11-23-15-6-4-5-13(21)9-15)25-26-20(27)30-12-19(28)24-16-10-14(22)7-8-17(16)29-2/h4-10,23H,3,11-12H2,1-2H3,(H,24,28). The topological polar surface area (TPSA) is 81.1 Å². The van der Waals surface area contributed by atoms with Gasteiger partial charge < -0.3 is 19.9 Å². The molecule has 0 spiro atoms. The first-order valence-electron chi connectivity index (χ1n) is 9.18. The molecule has 0 aliphatic carbocycles. The third-order valence-corrected chi connectivity index (χ3v) is 5.59. The number of hydrogen-bond acceptors (Lipinski definition) is 6. The maximum atomic E-state index is 12.4. The summed E-state index contributed by atoms with van der Waals surface area (Å²) in [5.41, 5.74) is 1.43. The van der Waals surface area contributed by atoms with Crippen LogP contribution in [-0.4, -0.2) is 33.5 Å². The molecule has 1 amide bonds. The van der Waals surface area contributed by atoms with Crippen molar-refractivity contribution in [3.63, 3.8) is 0 Å². The highest BCUT2D eigenvalue weighted by Crippen LogP contribution is 2.28. The van der Waals surface area contributed by atoms with Crippen LogP contribution in [0.15, 0.2) is 47.6 Å². The Morgan fingerprint density at radius 1 is 1.17 bits per heavy atom. The minimum atomic E-state index is -0.190. The fourth-order valence-electron chi connectivity index (χ4n) is 2.75. The van der Waals surface area contributed by atoms with E-state index in [1.54, 1.807) is 18.2 Å². The molecular weight excluding hydrogens is 445 g/mol. The molecule has 0 radical (unpaired) electrons. The molecule has 2 aromatic carbocycles. The Hall–Kier alpha value is -2.42. The number of carbonyl (C=O) groups excluding carboxylic acids is 1. The first-order chi connectivity index (χ1) is 14.5. The van der Waals surface area contributed by atoms with Gasteiger partial charge in [0.15, 0.2) is 11.0 Å². The maximum absolute atomic E-state index is 12.4. The Bertz CT molecular complexity index is 1030. The Kier molecular flexibility index (Phi) is 7.84. The van der Waals surface area contributed by atoms with Crippen LogP contribution in [0.25, 0.3) is 0 Å². The summed E-state index contributed by atoms with van der Waals surface area (Å²) in [7, 11) is 1.54. The highest BCUT2D eigenvalue weighted by atomic mass is 35.5. The molecule has 0 bridgehead atoms. The zero-order valence-electron chi connectivity index (χ0n) is 16.5. The van der Waals surface area contributed by atoms with Crippen molar-refractivity contribution in [3.8, 4) is 5.75 Å². The third-order valence-electron chi connectivity index (χ3n) is 4.15. The lowest BCUT2D eigenvalue weighted by atomic mass is 10.3. The average Bonchev–Trinajstić information content (AvgIpc) is 3.13. The number of benzene rings is 2. The Balaban J connectivity index is 1.60. The van der Waals surface area contributed by atoms with Crippen molar-refractivity contribution in [1.29, 1.82) is 0 Å². The number of carbonyl (C=O) groups is 1. The monoisotopic (exact) mass is 465 g/mol.